The molecule has 0 fully saturated rings. The lowest BCUT2D eigenvalue weighted by atomic mass is 10.2. The second kappa shape index (κ2) is 5.77. The summed E-state index contributed by atoms with van der Waals surface area (Å²) in [6, 6.07) is 0.198. The van der Waals surface area contributed by atoms with Crippen molar-refractivity contribution in [2.45, 2.75) is 26.3 Å². The van der Waals surface area contributed by atoms with Crippen LogP contribution >= 0.6 is 11.3 Å². The van der Waals surface area contributed by atoms with Crippen LogP contribution in [0.15, 0.2) is 17.9 Å². The summed E-state index contributed by atoms with van der Waals surface area (Å²) < 4.78 is 0. The zero-order valence-corrected chi connectivity index (χ0v) is 11.6. The van der Waals surface area contributed by atoms with Crippen molar-refractivity contribution < 1.29 is 0 Å². The molecule has 0 saturated heterocycles. The lowest BCUT2D eigenvalue weighted by Crippen LogP contribution is -2.12. The molecule has 0 aliphatic carbocycles. The van der Waals surface area contributed by atoms with E-state index in [0.717, 1.165) is 28.6 Å². The van der Waals surface area contributed by atoms with Crippen molar-refractivity contribution in [1.29, 1.82) is 0 Å². The van der Waals surface area contributed by atoms with Gasteiger partial charge in [0, 0.05) is 24.2 Å². The van der Waals surface area contributed by atoms with Crippen LogP contribution in [0.4, 0.5) is 11.6 Å². The van der Waals surface area contributed by atoms with E-state index >= 15 is 0 Å². The van der Waals surface area contributed by atoms with Crippen molar-refractivity contribution in [3.05, 3.63) is 28.5 Å². The van der Waals surface area contributed by atoms with Crippen molar-refractivity contribution in [3.8, 4) is 0 Å². The van der Waals surface area contributed by atoms with Crippen LogP contribution in [0.1, 0.15) is 30.0 Å². The van der Waals surface area contributed by atoms with Gasteiger partial charge in [0.05, 0.1) is 6.04 Å². The molecule has 0 saturated carbocycles. The SMILES string of the molecule is CCC(Nc1ncnc(NC)c1C)c1nccs1. The van der Waals surface area contributed by atoms with Gasteiger partial charge in [-0.15, -0.1) is 11.3 Å². The Balaban J connectivity index is 2.22. The second-order valence-electron chi connectivity index (χ2n) is 3.92. The summed E-state index contributed by atoms with van der Waals surface area (Å²) in [7, 11) is 1.86. The van der Waals surface area contributed by atoms with Gasteiger partial charge in [-0.3, -0.25) is 0 Å². The van der Waals surface area contributed by atoms with Crippen LogP contribution in [0.2, 0.25) is 0 Å². The molecule has 2 aromatic heterocycles. The standard InChI is InChI=1S/C12H17N5S/c1-4-9(12-14-5-6-18-12)17-11-8(2)10(13-3)15-7-16-11/h5-7,9H,4H2,1-3H3,(H2,13,15,16,17). The third-order valence-corrected chi connectivity index (χ3v) is 3.68. The number of thiazole rings is 1. The minimum Gasteiger partial charge on any atom is -0.373 e. The molecule has 2 N–H and O–H groups in total. The molecule has 0 bridgehead atoms. The van der Waals surface area contributed by atoms with E-state index in [4.69, 9.17) is 0 Å². The minimum absolute atomic E-state index is 0.198. The third-order valence-electron chi connectivity index (χ3n) is 2.79. The van der Waals surface area contributed by atoms with E-state index in [-0.39, 0.29) is 6.04 Å². The first-order valence-corrected chi connectivity index (χ1v) is 6.79. The summed E-state index contributed by atoms with van der Waals surface area (Å²) in [5, 5.41) is 9.56. The van der Waals surface area contributed by atoms with Gasteiger partial charge in [0.25, 0.3) is 0 Å². The second-order valence-corrected chi connectivity index (χ2v) is 4.85. The topological polar surface area (TPSA) is 62.7 Å². The van der Waals surface area contributed by atoms with Crippen LogP contribution in [0.25, 0.3) is 0 Å². The summed E-state index contributed by atoms with van der Waals surface area (Å²) in [4.78, 5) is 12.8. The average molecular weight is 263 g/mol. The Morgan fingerprint density at radius 3 is 2.67 bits per heavy atom. The number of hydrogen-bond donors (Lipinski definition) is 2. The summed E-state index contributed by atoms with van der Waals surface area (Å²) in [6.45, 7) is 4.14. The van der Waals surface area contributed by atoms with Crippen LogP contribution in [-0.2, 0) is 0 Å². The molecule has 0 radical (unpaired) electrons. The number of aromatic nitrogens is 3. The summed E-state index contributed by atoms with van der Waals surface area (Å²) in [5.74, 6) is 1.71. The summed E-state index contributed by atoms with van der Waals surface area (Å²) >= 11 is 1.66. The van der Waals surface area contributed by atoms with E-state index in [1.54, 1.807) is 17.7 Å². The molecule has 0 aliphatic rings. The highest BCUT2D eigenvalue weighted by atomic mass is 32.1. The fraction of sp³-hybridized carbons (Fsp3) is 0.417. The molecule has 0 spiro atoms. The highest BCUT2D eigenvalue weighted by Crippen LogP contribution is 2.26. The molecule has 0 amide bonds. The van der Waals surface area contributed by atoms with Crippen LogP contribution in [0.3, 0.4) is 0 Å². The van der Waals surface area contributed by atoms with E-state index in [1.165, 1.54) is 0 Å². The van der Waals surface area contributed by atoms with Gasteiger partial charge in [-0.2, -0.15) is 0 Å². The van der Waals surface area contributed by atoms with Crippen LogP contribution in [0, 0.1) is 6.92 Å². The van der Waals surface area contributed by atoms with Gasteiger partial charge < -0.3 is 10.6 Å². The van der Waals surface area contributed by atoms with E-state index in [9.17, 15) is 0 Å². The number of nitrogens with one attached hydrogen (secondary N) is 2. The molecule has 2 aromatic rings. The lowest BCUT2D eigenvalue weighted by Gasteiger charge is -2.17. The molecule has 1 atom stereocenters. The Labute approximate surface area is 111 Å². The normalized spacial score (nSPS) is 12.2. The Morgan fingerprint density at radius 2 is 2.06 bits per heavy atom. The quantitative estimate of drug-likeness (QED) is 0.868. The third kappa shape index (κ3) is 2.59. The van der Waals surface area contributed by atoms with E-state index in [2.05, 4.69) is 32.5 Å². The van der Waals surface area contributed by atoms with Crippen molar-refractivity contribution >= 4 is 23.0 Å². The fourth-order valence-electron chi connectivity index (χ4n) is 1.76. The molecular formula is C12H17N5S. The summed E-state index contributed by atoms with van der Waals surface area (Å²) in [6.07, 6.45) is 4.36. The molecule has 5 nitrogen and oxygen atoms in total. The highest BCUT2D eigenvalue weighted by Gasteiger charge is 2.14. The zero-order chi connectivity index (χ0) is 13.0. The maximum Gasteiger partial charge on any atom is 0.134 e. The van der Waals surface area contributed by atoms with Crippen molar-refractivity contribution in [2.75, 3.05) is 17.7 Å². The predicted molar refractivity (Wildman–Crippen MR) is 75.1 cm³/mol. The Hall–Kier alpha value is -1.69. The number of rotatable bonds is 5. The molecule has 18 heavy (non-hydrogen) atoms. The fourth-order valence-corrected chi connectivity index (χ4v) is 2.53. The van der Waals surface area contributed by atoms with E-state index < -0.39 is 0 Å². The first-order valence-electron chi connectivity index (χ1n) is 5.91. The van der Waals surface area contributed by atoms with Gasteiger partial charge in [-0.05, 0) is 13.3 Å². The van der Waals surface area contributed by atoms with Gasteiger partial charge in [-0.25, -0.2) is 15.0 Å². The number of anilines is 2. The van der Waals surface area contributed by atoms with E-state index in [1.807, 2.05) is 25.5 Å². The lowest BCUT2D eigenvalue weighted by molar-refractivity contribution is 0.735. The average Bonchev–Trinajstić information content (AvgIpc) is 2.91. The van der Waals surface area contributed by atoms with E-state index in [0.29, 0.717) is 0 Å². The van der Waals surface area contributed by atoms with Gasteiger partial charge >= 0.3 is 0 Å². The largest absolute Gasteiger partial charge is 0.373 e. The molecular weight excluding hydrogens is 246 g/mol. The smallest absolute Gasteiger partial charge is 0.134 e. The van der Waals surface area contributed by atoms with Crippen molar-refractivity contribution in [2.24, 2.45) is 0 Å². The Bertz CT molecular complexity index is 497. The van der Waals surface area contributed by atoms with Crippen molar-refractivity contribution in [3.63, 3.8) is 0 Å². The monoisotopic (exact) mass is 263 g/mol. The molecule has 0 aromatic carbocycles. The van der Waals surface area contributed by atoms with Crippen molar-refractivity contribution in [1.82, 2.24) is 15.0 Å². The first kappa shape index (κ1) is 12.8. The highest BCUT2D eigenvalue weighted by molar-refractivity contribution is 7.09. The molecule has 2 heterocycles. The number of nitrogens with zero attached hydrogens (tertiary/aromatic N) is 3. The van der Waals surface area contributed by atoms with Gasteiger partial charge in [0.2, 0.25) is 0 Å². The molecule has 0 aliphatic heterocycles. The van der Waals surface area contributed by atoms with Gasteiger partial charge in [-0.1, -0.05) is 6.92 Å². The summed E-state index contributed by atoms with van der Waals surface area (Å²) in [5.41, 5.74) is 1.02. The predicted octanol–water partition coefficient (Wildman–Crippen LogP) is 2.85. The molecule has 6 heteroatoms. The van der Waals surface area contributed by atoms with Gasteiger partial charge in [0.1, 0.15) is 23.0 Å². The number of hydrogen-bond acceptors (Lipinski definition) is 6. The van der Waals surface area contributed by atoms with Crippen LogP contribution in [0.5, 0.6) is 0 Å². The Morgan fingerprint density at radius 1 is 1.28 bits per heavy atom. The Kier molecular flexibility index (Phi) is 4.09. The zero-order valence-electron chi connectivity index (χ0n) is 10.8. The minimum atomic E-state index is 0.198. The molecule has 96 valence electrons. The maximum absolute atomic E-state index is 4.35. The maximum atomic E-state index is 4.35. The van der Waals surface area contributed by atoms with Gasteiger partial charge in [0.15, 0.2) is 0 Å². The molecule has 2 rings (SSSR count). The van der Waals surface area contributed by atoms with Crippen LogP contribution in [-0.4, -0.2) is 22.0 Å². The van der Waals surface area contributed by atoms with Crippen LogP contribution < -0.4 is 10.6 Å². The first-order chi connectivity index (χ1) is 8.76. The molecule has 1 unspecified atom stereocenters.